The fourth-order valence-corrected chi connectivity index (χ4v) is 6.89. The Morgan fingerprint density at radius 2 is 1.90 bits per heavy atom. The van der Waals surface area contributed by atoms with Gasteiger partial charge < -0.3 is 14.8 Å². The van der Waals surface area contributed by atoms with Gasteiger partial charge in [-0.2, -0.15) is 0 Å². The number of benzene rings is 1. The number of hydrogen-bond donors (Lipinski definition) is 4. The Labute approximate surface area is 235 Å². The summed E-state index contributed by atoms with van der Waals surface area (Å²) in [6.07, 6.45) is 3.34. The first-order chi connectivity index (χ1) is 18.6. The topological polar surface area (TPSA) is 103 Å². The lowest BCUT2D eigenvalue weighted by atomic mass is 9.67. The molecule has 5 unspecified atom stereocenters. The number of rotatable bonds is 7. The van der Waals surface area contributed by atoms with Crippen LogP contribution in [0.25, 0.3) is 11.3 Å². The monoisotopic (exact) mass is 553 g/mol. The van der Waals surface area contributed by atoms with Crippen molar-refractivity contribution >= 4 is 23.4 Å². The van der Waals surface area contributed by atoms with Gasteiger partial charge in [-0.1, -0.05) is 57.7 Å². The number of imidazole rings is 1. The highest BCUT2D eigenvalue weighted by atomic mass is 35.5. The van der Waals surface area contributed by atoms with Gasteiger partial charge in [0, 0.05) is 43.0 Å². The van der Waals surface area contributed by atoms with Gasteiger partial charge >= 0.3 is 0 Å². The van der Waals surface area contributed by atoms with Gasteiger partial charge in [-0.05, 0) is 30.3 Å². The van der Waals surface area contributed by atoms with Crippen molar-refractivity contribution in [1.29, 1.82) is 0 Å². The third-order valence-corrected chi connectivity index (χ3v) is 9.04. The smallest absolute Gasteiger partial charge is 0.270 e. The molecule has 3 fully saturated rings. The van der Waals surface area contributed by atoms with Crippen molar-refractivity contribution in [3.05, 3.63) is 54.5 Å². The van der Waals surface area contributed by atoms with Crippen LogP contribution in [-0.4, -0.2) is 63.0 Å². The number of hydrazine groups is 1. The van der Waals surface area contributed by atoms with Crippen molar-refractivity contribution in [3.8, 4) is 11.3 Å². The Bertz CT molecular complexity index is 1220. The molecule has 2 aromatic rings. The van der Waals surface area contributed by atoms with Crippen LogP contribution in [0.3, 0.4) is 0 Å². The molecule has 39 heavy (non-hydrogen) atoms. The fraction of sp³-hybridized carbons (Fsp3) is 0.552. The van der Waals surface area contributed by atoms with E-state index in [9.17, 15) is 9.59 Å². The molecule has 1 saturated carbocycles. The zero-order valence-corrected chi connectivity index (χ0v) is 24.0. The van der Waals surface area contributed by atoms with Gasteiger partial charge in [0.15, 0.2) is 0 Å². The number of nitrogens with zero attached hydrogens (tertiary/aromatic N) is 3. The Balaban J connectivity index is 1.32. The lowest BCUT2D eigenvalue weighted by molar-refractivity contribution is -0.130. The minimum Gasteiger partial charge on any atom is -0.344 e. The zero-order valence-electron chi connectivity index (χ0n) is 23.2. The Hall–Kier alpha value is -2.72. The second-order valence-corrected chi connectivity index (χ2v) is 12.7. The summed E-state index contributed by atoms with van der Waals surface area (Å²) >= 11 is 6.80. The second-order valence-electron chi connectivity index (χ2n) is 12.1. The van der Waals surface area contributed by atoms with E-state index >= 15 is 0 Å². The number of nitrogens with one attached hydrogen (secondary N) is 4. The van der Waals surface area contributed by atoms with E-state index in [0.29, 0.717) is 48.9 Å². The van der Waals surface area contributed by atoms with Gasteiger partial charge in [-0.25, -0.2) is 10.4 Å². The maximum Gasteiger partial charge on any atom is 0.270 e. The minimum absolute atomic E-state index is 0.0709. The molecule has 5 atom stereocenters. The number of carbonyl (C=O) groups is 2. The van der Waals surface area contributed by atoms with Gasteiger partial charge in [-0.3, -0.25) is 20.3 Å². The Morgan fingerprint density at radius 3 is 2.56 bits per heavy atom. The maximum absolute atomic E-state index is 13.5. The first-order valence-corrected chi connectivity index (χ1v) is 14.2. The van der Waals surface area contributed by atoms with Crippen LogP contribution in [0.15, 0.2) is 43.0 Å². The lowest BCUT2D eigenvalue weighted by Gasteiger charge is -2.43. The molecular formula is C29H40ClN7O2. The summed E-state index contributed by atoms with van der Waals surface area (Å²) in [5.41, 5.74) is 9.08. The molecule has 1 aliphatic carbocycles. The number of hydrogen-bond acceptors (Lipinski definition) is 6. The third kappa shape index (κ3) is 5.63. The van der Waals surface area contributed by atoms with E-state index in [1.807, 2.05) is 41.9 Å². The number of amides is 2. The van der Waals surface area contributed by atoms with Crippen molar-refractivity contribution in [2.45, 2.75) is 63.8 Å². The third-order valence-electron chi connectivity index (χ3n) is 8.56. The van der Waals surface area contributed by atoms with Crippen LogP contribution in [0, 0.1) is 17.3 Å². The highest BCUT2D eigenvalue weighted by Crippen LogP contribution is 2.44. The Morgan fingerprint density at radius 1 is 1.18 bits per heavy atom. The molecule has 2 aliphatic heterocycles. The van der Waals surface area contributed by atoms with Gasteiger partial charge in [0.2, 0.25) is 5.91 Å². The molecule has 0 radical (unpaired) electrons. The molecule has 10 heteroatoms. The molecule has 0 bridgehead atoms. The van der Waals surface area contributed by atoms with Crippen LogP contribution in [0.2, 0.25) is 0 Å². The van der Waals surface area contributed by atoms with Gasteiger partial charge in [0.1, 0.15) is 17.2 Å². The quantitative estimate of drug-likeness (QED) is 0.311. The molecule has 2 amide bonds. The van der Waals surface area contributed by atoms with E-state index in [-0.39, 0.29) is 34.8 Å². The van der Waals surface area contributed by atoms with E-state index in [2.05, 4.69) is 48.8 Å². The molecule has 4 N–H and O–H groups in total. The molecule has 2 saturated heterocycles. The van der Waals surface area contributed by atoms with Gasteiger partial charge in [-0.15, -0.1) is 11.6 Å². The number of aromatic nitrogens is 2. The first-order valence-electron chi connectivity index (χ1n) is 13.8. The minimum atomic E-state index is -0.194. The standard InChI is InChI=1S/C29H40ClN7O2/c1-6-24(38)37-15-18(16-37)32-28(39)26-25(17-10-8-7-9-11-17)33-23(36(26)5)14-31-27-19-12-20(29(2,3)4)21(30)13-22(19)34-35-27/h6-11,18-22,27,31,34-35H,1,12-16H2,2-5H3,(H,32,39). The summed E-state index contributed by atoms with van der Waals surface area (Å²) in [6, 6.07) is 10.00. The number of alkyl halides is 1. The average Bonchev–Trinajstić information content (AvgIpc) is 3.43. The summed E-state index contributed by atoms with van der Waals surface area (Å²) in [5, 5.41) is 6.89. The zero-order chi connectivity index (χ0) is 27.9. The van der Waals surface area contributed by atoms with Crippen LogP contribution in [0.4, 0.5) is 0 Å². The van der Waals surface area contributed by atoms with E-state index in [4.69, 9.17) is 16.6 Å². The van der Waals surface area contributed by atoms with Crippen LogP contribution in [0.5, 0.6) is 0 Å². The summed E-state index contributed by atoms with van der Waals surface area (Å²) in [4.78, 5) is 31.9. The Kier molecular flexibility index (Phi) is 7.88. The van der Waals surface area contributed by atoms with Crippen molar-refractivity contribution in [2.75, 3.05) is 13.1 Å². The number of halogens is 1. The molecule has 0 spiro atoms. The molecule has 210 valence electrons. The van der Waals surface area contributed by atoms with Crippen LogP contribution in [-0.2, 0) is 18.4 Å². The number of likely N-dealkylation sites (tertiary alicyclic amines) is 1. The van der Waals surface area contributed by atoms with Gasteiger partial charge in [0.25, 0.3) is 5.91 Å². The highest BCUT2D eigenvalue weighted by molar-refractivity contribution is 6.20. The average molecular weight is 554 g/mol. The van der Waals surface area contributed by atoms with E-state index in [0.717, 1.165) is 24.2 Å². The van der Waals surface area contributed by atoms with E-state index < -0.39 is 0 Å². The van der Waals surface area contributed by atoms with Crippen molar-refractivity contribution in [2.24, 2.45) is 24.3 Å². The lowest BCUT2D eigenvalue weighted by Crippen LogP contribution is -2.60. The number of carbonyl (C=O) groups excluding carboxylic acids is 2. The second kappa shape index (κ2) is 11.0. The molecule has 5 rings (SSSR count). The van der Waals surface area contributed by atoms with E-state index in [1.165, 1.54) is 6.08 Å². The van der Waals surface area contributed by atoms with Crippen molar-refractivity contribution in [1.82, 2.24) is 35.9 Å². The number of fused-ring (bicyclic) bond motifs is 1. The predicted molar refractivity (Wildman–Crippen MR) is 153 cm³/mol. The van der Waals surface area contributed by atoms with Gasteiger partial charge in [0.05, 0.1) is 18.8 Å². The van der Waals surface area contributed by atoms with Crippen LogP contribution >= 0.6 is 11.6 Å². The van der Waals surface area contributed by atoms with Crippen molar-refractivity contribution in [3.63, 3.8) is 0 Å². The summed E-state index contributed by atoms with van der Waals surface area (Å²) in [5.74, 6) is 1.30. The molecule has 1 aromatic heterocycles. The normalized spacial score (nSPS) is 27.1. The molecular weight excluding hydrogens is 514 g/mol. The highest BCUT2D eigenvalue weighted by Gasteiger charge is 2.47. The molecule has 9 nitrogen and oxygen atoms in total. The van der Waals surface area contributed by atoms with Crippen LogP contribution < -0.4 is 21.5 Å². The summed E-state index contributed by atoms with van der Waals surface area (Å²) < 4.78 is 1.88. The molecule has 1 aromatic carbocycles. The van der Waals surface area contributed by atoms with Crippen molar-refractivity contribution < 1.29 is 9.59 Å². The molecule has 3 aliphatic rings. The summed E-state index contributed by atoms with van der Waals surface area (Å²) in [7, 11) is 1.89. The fourth-order valence-electron chi connectivity index (χ4n) is 6.22. The SMILES string of the molecule is C=CC(=O)N1CC(NC(=O)c2c(-c3ccccc3)nc(CNC3NNC4CC(Cl)C(C(C)(C)C)CC43)n2C)C1. The predicted octanol–water partition coefficient (Wildman–Crippen LogP) is 2.79. The van der Waals surface area contributed by atoms with E-state index in [1.54, 1.807) is 4.90 Å². The largest absolute Gasteiger partial charge is 0.344 e. The maximum atomic E-state index is 13.5. The first kappa shape index (κ1) is 27.8. The molecule has 3 heterocycles. The summed E-state index contributed by atoms with van der Waals surface area (Å²) in [6.45, 7) is 11.8. The van der Waals surface area contributed by atoms with Crippen LogP contribution in [0.1, 0.15) is 49.9 Å².